The van der Waals surface area contributed by atoms with E-state index in [4.69, 9.17) is 27.9 Å². The van der Waals surface area contributed by atoms with Crippen LogP contribution >= 0.6 is 23.2 Å². The number of rotatable bonds is 6. The maximum Gasteiger partial charge on any atom is 0.263 e. The normalized spacial score (nSPS) is 25.3. The summed E-state index contributed by atoms with van der Waals surface area (Å²) in [5.41, 5.74) is -0.571. The molecule has 37 heavy (non-hydrogen) atoms. The van der Waals surface area contributed by atoms with Gasteiger partial charge in [-0.05, 0) is 76.3 Å². The summed E-state index contributed by atoms with van der Waals surface area (Å²) >= 11 is 12.2. The molecule has 8 nitrogen and oxygen atoms in total. The number of aliphatic hydroxyl groups is 1. The van der Waals surface area contributed by atoms with Gasteiger partial charge in [-0.3, -0.25) is 9.59 Å². The van der Waals surface area contributed by atoms with Crippen molar-refractivity contribution < 1.29 is 19.4 Å². The molecule has 2 aromatic rings. The van der Waals surface area contributed by atoms with E-state index in [1.807, 2.05) is 12.1 Å². The van der Waals surface area contributed by atoms with Gasteiger partial charge < -0.3 is 25.0 Å². The van der Waals surface area contributed by atoms with Crippen LogP contribution in [0.25, 0.3) is 0 Å². The Morgan fingerprint density at radius 2 is 1.84 bits per heavy atom. The monoisotopic (exact) mass is 546 g/mol. The van der Waals surface area contributed by atoms with E-state index in [2.05, 4.69) is 15.2 Å². The fourth-order valence-corrected chi connectivity index (χ4v) is 6.13. The van der Waals surface area contributed by atoms with Crippen LogP contribution in [-0.2, 0) is 4.79 Å². The molecule has 3 saturated heterocycles. The third-order valence-corrected chi connectivity index (χ3v) is 8.11. The third kappa shape index (κ3) is 5.52. The number of pyridine rings is 1. The molecule has 3 aliphatic rings. The second-order valence-corrected chi connectivity index (χ2v) is 11.6. The van der Waals surface area contributed by atoms with Crippen LogP contribution in [0, 0.1) is 0 Å². The number of benzene rings is 1. The molecule has 4 heterocycles. The first kappa shape index (κ1) is 26.1. The number of aromatic nitrogens is 1. The van der Waals surface area contributed by atoms with Crippen LogP contribution in [-0.4, -0.2) is 69.7 Å². The van der Waals surface area contributed by atoms with Gasteiger partial charge in [0.05, 0.1) is 16.7 Å². The van der Waals surface area contributed by atoms with E-state index < -0.39 is 11.7 Å². The number of aliphatic hydroxyl groups excluding tert-OH is 1. The van der Waals surface area contributed by atoms with Crippen LogP contribution in [0.2, 0.25) is 10.0 Å². The number of halogens is 2. The van der Waals surface area contributed by atoms with Crippen molar-refractivity contribution in [2.75, 3.05) is 18.0 Å². The van der Waals surface area contributed by atoms with Gasteiger partial charge in [0, 0.05) is 42.4 Å². The fourth-order valence-electron chi connectivity index (χ4n) is 5.68. The zero-order chi connectivity index (χ0) is 26.3. The topological polar surface area (TPSA) is 95.0 Å². The number of hydrogen-bond acceptors (Lipinski definition) is 6. The van der Waals surface area contributed by atoms with E-state index in [9.17, 15) is 14.7 Å². The minimum absolute atomic E-state index is 0.0345. The number of piperidine rings is 1. The zero-order valence-electron chi connectivity index (χ0n) is 21.0. The van der Waals surface area contributed by atoms with E-state index in [0.717, 1.165) is 31.5 Å². The molecule has 2 amide bonds. The summed E-state index contributed by atoms with van der Waals surface area (Å²) in [7, 11) is 0. The molecule has 3 fully saturated rings. The fraction of sp³-hybridized carbons (Fsp3) is 0.519. The third-order valence-electron chi connectivity index (χ3n) is 7.58. The number of hydrogen-bond donors (Lipinski definition) is 2. The van der Waals surface area contributed by atoms with E-state index in [0.29, 0.717) is 40.9 Å². The van der Waals surface area contributed by atoms with Gasteiger partial charge in [0.15, 0.2) is 5.60 Å². The second kappa shape index (κ2) is 10.3. The quantitative estimate of drug-likeness (QED) is 0.567. The SMILES string of the molecule is CC(C)(Oc1ccc(Cl)cc1Cl)C(=O)NC1CC2CCC(C1)N2c1ccc(C(=O)N2CC[C@H](O)C2)cn1. The highest BCUT2D eigenvalue weighted by molar-refractivity contribution is 6.35. The Kier molecular flexibility index (Phi) is 7.27. The van der Waals surface area contributed by atoms with Crippen molar-refractivity contribution in [2.24, 2.45) is 0 Å². The number of fused-ring (bicyclic) bond motifs is 2. The number of ether oxygens (including phenoxy) is 1. The van der Waals surface area contributed by atoms with Crippen LogP contribution in [0.4, 0.5) is 5.82 Å². The standard InChI is InChI=1S/C27H32Cl2N4O4/c1-27(2,37-23-7-4-17(28)11-22(23)29)26(36)31-18-12-19-5-6-20(13-18)33(19)24-8-3-16(14-30-24)25(35)32-10-9-21(34)15-32/h3-4,7-8,11,14,18-21,34H,5-6,9-10,12-13,15H2,1-2H3,(H,31,36)/t18?,19?,20?,21-/m0/s1. The number of carbonyl (C=O) groups is 2. The van der Waals surface area contributed by atoms with Crippen LogP contribution in [0.3, 0.4) is 0 Å². The Morgan fingerprint density at radius 1 is 1.11 bits per heavy atom. The number of nitrogens with one attached hydrogen (secondary N) is 1. The van der Waals surface area contributed by atoms with Gasteiger partial charge in [-0.1, -0.05) is 23.2 Å². The van der Waals surface area contributed by atoms with Crippen LogP contribution in [0.1, 0.15) is 56.3 Å². The number of carbonyl (C=O) groups excluding carboxylic acids is 2. The van der Waals surface area contributed by atoms with Crippen molar-refractivity contribution in [1.29, 1.82) is 0 Å². The highest BCUT2D eigenvalue weighted by Crippen LogP contribution is 2.39. The Labute approximate surface area is 226 Å². The van der Waals surface area contributed by atoms with Gasteiger partial charge in [-0.15, -0.1) is 0 Å². The summed E-state index contributed by atoms with van der Waals surface area (Å²) < 4.78 is 5.96. The van der Waals surface area contributed by atoms with E-state index in [1.54, 1.807) is 43.1 Å². The van der Waals surface area contributed by atoms with Crippen LogP contribution in [0.5, 0.6) is 5.75 Å². The molecular weight excluding hydrogens is 515 g/mol. The number of nitrogens with zero attached hydrogens (tertiary/aromatic N) is 3. The second-order valence-electron chi connectivity index (χ2n) is 10.7. The predicted octanol–water partition coefficient (Wildman–Crippen LogP) is 4.07. The average Bonchev–Trinajstić information content (AvgIpc) is 3.41. The van der Waals surface area contributed by atoms with Crippen molar-refractivity contribution in [3.63, 3.8) is 0 Å². The van der Waals surface area contributed by atoms with Gasteiger partial charge in [0.1, 0.15) is 11.6 Å². The number of likely N-dealkylation sites (tertiary alicyclic amines) is 1. The first-order valence-corrected chi connectivity index (χ1v) is 13.5. The Bertz CT molecular complexity index is 1160. The largest absolute Gasteiger partial charge is 0.476 e. The van der Waals surface area contributed by atoms with E-state index >= 15 is 0 Å². The molecule has 3 aliphatic heterocycles. The molecule has 5 rings (SSSR count). The van der Waals surface area contributed by atoms with Crippen LogP contribution < -0.4 is 15.0 Å². The lowest BCUT2D eigenvalue weighted by atomic mass is 9.96. The molecule has 10 heteroatoms. The predicted molar refractivity (Wildman–Crippen MR) is 142 cm³/mol. The lowest BCUT2D eigenvalue weighted by Gasteiger charge is -2.41. The van der Waals surface area contributed by atoms with Crippen molar-refractivity contribution in [3.05, 3.63) is 52.1 Å². The first-order chi connectivity index (χ1) is 17.6. The molecule has 2 bridgehead atoms. The maximum atomic E-state index is 13.1. The van der Waals surface area contributed by atoms with Crippen molar-refractivity contribution in [1.82, 2.24) is 15.2 Å². The molecule has 0 spiro atoms. The van der Waals surface area contributed by atoms with Gasteiger partial charge >= 0.3 is 0 Å². The highest BCUT2D eigenvalue weighted by atomic mass is 35.5. The summed E-state index contributed by atoms with van der Waals surface area (Å²) in [6.07, 6.45) is 5.50. The molecule has 0 aliphatic carbocycles. The first-order valence-electron chi connectivity index (χ1n) is 12.8. The van der Waals surface area contributed by atoms with Gasteiger partial charge in [-0.2, -0.15) is 0 Å². The summed E-state index contributed by atoms with van der Waals surface area (Å²) in [5, 5.41) is 13.8. The molecule has 0 radical (unpaired) electrons. The lowest BCUT2D eigenvalue weighted by molar-refractivity contribution is -0.135. The maximum absolute atomic E-state index is 13.1. The number of anilines is 1. The van der Waals surface area contributed by atoms with Crippen molar-refractivity contribution >= 4 is 40.8 Å². The summed E-state index contributed by atoms with van der Waals surface area (Å²) in [6, 6.07) is 9.24. The molecule has 2 unspecified atom stereocenters. The van der Waals surface area contributed by atoms with Gasteiger partial charge in [-0.25, -0.2) is 4.98 Å². The lowest BCUT2D eigenvalue weighted by Crippen LogP contribution is -2.55. The molecule has 3 atom stereocenters. The van der Waals surface area contributed by atoms with E-state index in [-0.39, 0.29) is 29.9 Å². The van der Waals surface area contributed by atoms with Crippen LogP contribution in [0.15, 0.2) is 36.5 Å². The molecule has 2 N–H and O–H groups in total. The Morgan fingerprint density at radius 3 is 2.43 bits per heavy atom. The molecule has 0 saturated carbocycles. The van der Waals surface area contributed by atoms with Gasteiger partial charge in [0.2, 0.25) is 0 Å². The van der Waals surface area contributed by atoms with Crippen molar-refractivity contribution in [3.8, 4) is 5.75 Å². The molecule has 1 aromatic carbocycles. The Balaban J connectivity index is 1.20. The molecule has 1 aromatic heterocycles. The smallest absolute Gasteiger partial charge is 0.263 e. The Hall–Kier alpha value is -2.55. The van der Waals surface area contributed by atoms with Gasteiger partial charge in [0.25, 0.3) is 11.8 Å². The highest BCUT2D eigenvalue weighted by Gasteiger charge is 2.43. The van der Waals surface area contributed by atoms with E-state index in [1.165, 1.54) is 0 Å². The van der Waals surface area contributed by atoms with Crippen molar-refractivity contribution in [2.45, 2.75) is 75.8 Å². The summed E-state index contributed by atoms with van der Waals surface area (Å²) in [4.78, 5) is 34.5. The summed E-state index contributed by atoms with van der Waals surface area (Å²) in [5.74, 6) is 0.987. The minimum atomic E-state index is -1.11. The summed E-state index contributed by atoms with van der Waals surface area (Å²) in [6.45, 7) is 4.40. The number of β-amino-alcohol motifs (C(OH)–C–C–N with tert-alkyl or cyclic N) is 1. The minimum Gasteiger partial charge on any atom is -0.476 e. The number of amides is 2. The molecular formula is C27H32Cl2N4O4. The average molecular weight is 547 g/mol. The molecule has 198 valence electrons. The zero-order valence-corrected chi connectivity index (χ0v) is 22.5.